The highest BCUT2D eigenvalue weighted by atomic mass is 16.3. The number of pyridine rings is 1. The van der Waals surface area contributed by atoms with Crippen LogP contribution in [0.2, 0.25) is 0 Å². The van der Waals surface area contributed by atoms with Crippen LogP contribution >= 0.6 is 0 Å². The minimum atomic E-state index is 0.509. The zero-order chi connectivity index (χ0) is 9.80. The third-order valence-electron chi connectivity index (χ3n) is 1.79. The average Bonchev–Trinajstić information content (AvgIpc) is 2.67. The topological polar surface area (TPSA) is 64.1 Å². The lowest BCUT2D eigenvalue weighted by Crippen LogP contribution is -2.01. The largest absolute Gasteiger partial charge is 0.467 e. The minimum absolute atomic E-state index is 0.509. The van der Waals surface area contributed by atoms with Gasteiger partial charge in [0, 0.05) is 0 Å². The van der Waals surface area contributed by atoms with E-state index in [9.17, 15) is 0 Å². The maximum absolute atomic E-state index is 5.53. The molecule has 0 aliphatic heterocycles. The zero-order valence-corrected chi connectivity index (χ0v) is 7.60. The number of nitrogens with two attached hydrogens (primary N) is 1. The number of nitrogens with one attached hydrogen (secondary N) is 1. The first kappa shape index (κ1) is 8.62. The van der Waals surface area contributed by atoms with Crippen molar-refractivity contribution in [3.8, 4) is 0 Å². The van der Waals surface area contributed by atoms with Crippen LogP contribution in [0, 0.1) is 0 Å². The lowest BCUT2D eigenvalue weighted by Gasteiger charge is -2.03. The van der Waals surface area contributed by atoms with E-state index in [1.165, 1.54) is 0 Å². The van der Waals surface area contributed by atoms with Crippen molar-refractivity contribution in [3.05, 3.63) is 42.4 Å². The van der Waals surface area contributed by atoms with Gasteiger partial charge in [0.05, 0.1) is 12.8 Å². The molecule has 4 nitrogen and oxygen atoms in total. The van der Waals surface area contributed by atoms with E-state index in [1.54, 1.807) is 12.3 Å². The molecule has 72 valence electrons. The first-order chi connectivity index (χ1) is 6.84. The van der Waals surface area contributed by atoms with Gasteiger partial charge < -0.3 is 15.5 Å². The van der Waals surface area contributed by atoms with E-state index in [0.29, 0.717) is 12.4 Å². The third-order valence-corrected chi connectivity index (χ3v) is 1.79. The molecule has 0 radical (unpaired) electrons. The van der Waals surface area contributed by atoms with E-state index in [-0.39, 0.29) is 0 Å². The van der Waals surface area contributed by atoms with Gasteiger partial charge in [-0.2, -0.15) is 0 Å². The quantitative estimate of drug-likeness (QED) is 0.773. The van der Waals surface area contributed by atoms with Gasteiger partial charge in [-0.25, -0.2) is 4.98 Å². The van der Waals surface area contributed by atoms with Gasteiger partial charge in [0.2, 0.25) is 0 Å². The van der Waals surface area contributed by atoms with Gasteiger partial charge in [-0.3, -0.25) is 0 Å². The fraction of sp³-hybridized carbons (Fsp3) is 0.100. The number of rotatable bonds is 3. The van der Waals surface area contributed by atoms with Crippen LogP contribution in [0.4, 0.5) is 11.6 Å². The Morgan fingerprint density at radius 2 is 2.21 bits per heavy atom. The Hall–Kier alpha value is -1.97. The van der Waals surface area contributed by atoms with E-state index in [1.807, 2.05) is 24.3 Å². The predicted octanol–water partition coefficient (Wildman–Crippen LogP) is 1.87. The second-order valence-corrected chi connectivity index (χ2v) is 2.88. The Balaban J connectivity index is 1.98. The summed E-state index contributed by atoms with van der Waals surface area (Å²) in [7, 11) is 0. The summed E-state index contributed by atoms with van der Waals surface area (Å²) in [4.78, 5) is 4.10. The Kier molecular flexibility index (Phi) is 2.36. The van der Waals surface area contributed by atoms with Crippen molar-refractivity contribution >= 4 is 11.6 Å². The maximum Gasteiger partial charge on any atom is 0.128 e. The van der Waals surface area contributed by atoms with Crippen LogP contribution in [0.25, 0.3) is 0 Å². The summed E-state index contributed by atoms with van der Waals surface area (Å²) in [5.74, 6) is 2.13. The summed E-state index contributed by atoms with van der Waals surface area (Å²) in [6, 6.07) is 9.22. The van der Waals surface area contributed by atoms with Crippen LogP contribution in [0.1, 0.15) is 5.76 Å². The lowest BCUT2D eigenvalue weighted by atomic mass is 10.4. The second-order valence-electron chi connectivity index (χ2n) is 2.88. The summed E-state index contributed by atoms with van der Waals surface area (Å²) in [6.45, 7) is 0.615. The number of hydrogen-bond donors (Lipinski definition) is 2. The van der Waals surface area contributed by atoms with E-state index >= 15 is 0 Å². The van der Waals surface area contributed by atoms with Gasteiger partial charge in [0.15, 0.2) is 0 Å². The molecular formula is C10H11N3O. The van der Waals surface area contributed by atoms with Gasteiger partial charge in [-0.05, 0) is 24.3 Å². The fourth-order valence-electron chi connectivity index (χ4n) is 1.14. The molecule has 0 amide bonds. The molecule has 0 bridgehead atoms. The zero-order valence-electron chi connectivity index (χ0n) is 7.60. The number of nitrogen functional groups attached to an aromatic ring is 1. The monoisotopic (exact) mass is 189 g/mol. The molecule has 2 aromatic rings. The summed E-state index contributed by atoms with van der Waals surface area (Å²) in [5, 5.41) is 3.10. The van der Waals surface area contributed by atoms with Crippen molar-refractivity contribution in [2.24, 2.45) is 0 Å². The molecule has 0 saturated heterocycles. The van der Waals surface area contributed by atoms with Crippen molar-refractivity contribution in [2.45, 2.75) is 6.54 Å². The molecule has 0 aromatic carbocycles. The Morgan fingerprint density at radius 3 is 2.93 bits per heavy atom. The smallest absolute Gasteiger partial charge is 0.128 e. The molecule has 2 rings (SSSR count). The Morgan fingerprint density at radius 1 is 1.29 bits per heavy atom. The molecule has 0 aliphatic rings. The average molecular weight is 189 g/mol. The van der Waals surface area contributed by atoms with E-state index in [0.717, 1.165) is 11.6 Å². The molecule has 0 saturated carbocycles. The summed E-state index contributed by atoms with van der Waals surface area (Å²) < 4.78 is 5.16. The van der Waals surface area contributed by atoms with Crippen LogP contribution < -0.4 is 11.1 Å². The molecule has 0 atom stereocenters. The number of nitrogens with zero attached hydrogens (tertiary/aromatic N) is 1. The van der Waals surface area contributed by atoms with Crippen molar-refractivity contribution in [2.75, 3.05) is 11.1 Å². The molecule has 4 heteroatoms. The Bertz CT molecular complexity index is 398. The van der Waals surface area contributed by atoms with Gasteiger partial charge in [0.1, 0.15) is 17.4 Å². The first-order valence-corrected chi connectivity index (χ1v) is 4.33. The summed E-state index contributed by atoms with van der Waals surface area (Å²) in [6.07, 6.45) is 1.64. The predicted molar refractivity (Wildman–Crippen MR) is 54.7 cm³/mol. The van der Waals surface area contributed by atoms with Crippen molar-refractivity contribution < 1.29 is 4.42 Å². The van der Waals surface area contributed by atoms with Crippen molar-refractivity contribution in [1.29, 1.82) is 0 Å². The van der Waals surface area contributed by atoms with Crippen LogP contribution in [-0.2, 0) is 6.54 Å². The SMILES string of the molecule is Nc1cccc(NCc2ccco2)n1. The molecule has 0 unspecified atom stereocenters. The molecule has 0 spiro atoms. The molecule has 3 N–H and O–H groups in total. The molecule has 2 aromatic heterocycles. The van der Waals surface area contributed by atoms with Gasteiger partial charge >= 0.3 is 0 Å². The minimum Gasteiger partial charge on any atom is -0.467 e. The number of furan rings is 1. The van der Waals surface area contributed by atoms with E-state index in [2.05, 4.69) is 10.3 Å². The molecule has 0 aliphatic carbocycles. The highest BCUT2D eigenvalue weighted by Gasteiger charge is 1.96. The van der Waals surface area contributed by atoms with Crippen LogP contribution in [-0.4, -0.2) is 4.98 Å². The van der Waals surface area contributed by atoms with Gasteiger partial charge in [0.25, 0.3) is 0 Å². The maximum atomic E-state index is 5.53. The van der Waals surface area contributed by atoms with Crippen molar-refractivity contribution in [1.82, 2.24) is 4.98 Å². The van der Waals surface area contributed by atoms with Gasteiger partial charge in [-0.1, -0.05) is 6.07 Å². The third kappa shape index (κ3) is 2.04. The van der Waals surface area contributed by atoms with Crippen molar-refractivity contribution in [3.63, 3.8) is 0 Å². The molecule has 2 heterocycles. The molecule has 0 fully saturated rings. The highest BCUT2D eigenvalue weighted by Crippen LogP contribution is 2.08. The van der Waals surface area contributed by atoms with E-state index < -0.39 is 0 Å². The number of anilines is 2. The highest BCUT2D eigenvalue weighted by molar-refractivity contribution is 5.42. The standard InChI is InChI=1S/C10H11N3O/c11-9-4-1-5-10(13-9)12-7-8-3-2-6-14-8/h1-6H,7H2,(H3,11,12,13). The normalized spacial score (nSPS) is 10.0. The summed E-state index contributed by atoms with van der Waals surface area (Å²) in [5.41, 5.74) is 5.53. The second kappa shape index (κ2) is 3.83. The first-order valence-electron chi connectivity index (χ1n) is 4.33. The van der Waals surface area contributed by atoms with Crippen LogP contribution in [0.5, 0.6) is 0 Å². The van der Waals surface area contributed by atoms with E-state index in [4.69, 9.17) is 10.2 Å². The molecule has 14 heavy (non-hydrogen) atoms. The number of aromatic nitrogens is 1. The number of hydrogen-bond acceptors (Lipinski definition) is 4. The van der Waals surface area contributed by atoms with Crippen LogP contribution in [0.3, 0.4) is 0 Å². The fourth-order valence-corrected chi connectivity index (χ4v) is 1.14. The van der Waals surface area contributed by atoms with Crippen LogP contribution in [0.15, 0.2) is 41.0 Å². The van der Waals surface area contributed by atoms with Gasteiger partial charge in [-0.15, -0.1) is 0 Å². The Labute approximate surface area is 81.8 Å². The lowest BCUT2D eigenvalue weighted by molar-refractivity contribution is 0.518. The summed E-state index contributed by atoms with van der Waals surface area (Å²) >= 11 is 0. The molecular weight excluding hydrogens is 178 g/mol.